The molecule has 1 aliphatic heterocycles. The van der Waals surface area contributed by atoms with Crippen molar-refractivity contribution in [1.29, 1.82) is 0 Å². The molecule has 1 aromatic carbocycles. The fourth-order valence-corrected chi connectivity index (χ4v) is 2.19. The molecule has 0 radical (unpaired) electrons. The van der Waals surface area contributed by atoms with Crippen LogP contribution in [0.2, 0.25) is 0 Å². The Bertz CT molecular complexity index is 406. The van der Waals surface area contributed by atoms with Crippen LogP contribution in [0.3, 0.4) is 0 Å². The van der Waals surface area contributed by atoms with E-state index >= 15 is 0 Å². The molecule has 3 nitrogen and oxygen atoms in total. The third kappa shape index (κ3) is 1.73. The zero-order chi connectivity index (χ0) is 11.1. The van der Waals surface area contributed by atoms with E-state index in [-0.39, 0.29) is 18.0 Å². The zero-order valence-electron chi connectivity index (χ0n) is 8.95. The van der Waals surface area contributed by atoms with E-state index in [9.17, 15) is 4.39 Å². The normalized spacial score (nSPS) is 28.6. The third-order valence-corrected chi connectivity index (χ3v) is 3.24. The second kappa shape index (κ2) is 3.63. The van der Waals surface area contributed by atoms with Gasteiger partial charge in [-0.05, 0) is 30.9 Å². The minimum Gasteiger partial charge on any atom is -0.486 e. The summed E-state index contributed by atoms with van der Waals surface area (Å²) in [5, 5.41) is 3.14. The van der Waals surface area contributed by atoms with Crippen molar-refractivity contribution in [3.05, 3.63) is 24.0 Å². The van der Waals surface area contributed by atoms with Crippen LogP contribution in [0.25, 0.3) is 0 Å². The number of halogens is 1. The predicted molar refractivity (Wildman–Crippen MR) is 60.0 cm³/mol. The van der Waals surface area contributed by atoms with Gasteiger partial charge < -0.3 is 15.8 Å². The SMILES string of the molecule is N[C@H]1CNc2cc(F)ccc2O[C@@H]1C1CC1. The molecule has 3 N–H and O–H groups in total. The van der Waals surface area contributed by atoms with Gasteiger partial charge in [-0.25, -0.2) is 4.39 Å². The van der Waals surface area contributed by atoms with E-state index in [1.807, 2.05) is 0 Å². The van der Waals surface area contributed by atoms with Crippen LogP contribution in [-0.4, -0.2) is 18.7 Å². The van der Waals surface area contributed by atoms with Gasteiger partial charge in [-0.2, -0.15) is 0 Å². The quantitative estimate of drug-likeness (QED) is 0.760. The summed E-state index contributed by atoms with van der Waals surface area (Å²) < 4.78 is 19.0. The van der Waals surface area contributed by atoms with Crippen LogP contribution in [0.5, 0.6) is 5.75 Å². The second-order valence-electron chi connectivity index (χ2n) is 4.61. The van der Waals surface area contributed by atoms with Gasteiger partial charge >= 0.3 is 0 Å². The van der Waals surface area contributed by atoms with Crippen molar-refractivity contribution in [2.45, 2.75) is 25.0 Å². The standard InChI is InChI=1S/C12H15FN2O/c13-8-3-4-11-10(5-8)15-6-9(14)12(16-11)7-1-2-7/h3-5,7,9,12,15H,1-2,6,14H2/t9-,12+/m0/s1. The smallest absolute Gasteiger partial charge is 0.143 e. The van der Waals surface area contributed by atoms with Crippen LogP contribution in [0.15, 0.2) is 18.2 Å². The first-order valence-electron chi connectivity index (χ1n) is 5.70. The van der Waals surface area contributed by atoms with E-state index in [4.69, 9.17) is 10.5 Å². The maximum Gasteiger partial charge on any atom is 0.143 e. The molecule has 1 heterocycles. The van der Waals surface area contributed by atoms with Gasteiger partial charge in [0.1, 0.15) is 17.7 Å². The molecule has 1 aliphatic carbocycles. The lowest BCUT2D eigenvalue weighted by Gasteiger charge is -2.21. The average molecular weight is 222 g/mol. The maximum absolute atomic E-state index is 13.1. The van der Waals surface area contributed by atoms with Gasteiger partial charge in [-0.3, -0.25) is 0 Å². The second-order valence-corrected chi connectivity index (χ2v) is 4.61. The first kappa shape index (κ1) is 9.90. The van der Waals surface area contributed by atoms with Crippen molar-refractivity contribution >= 4 is 5.69 Å². The third-order valence-electron chi connectivity index (χ3n) is 3.24. The Morgan fingerprint density at radius 2 is 2.19 bits per heavy atom. The monoisotopic (exact) mass is 222 g/mol. The Labute approximate surface area is 93.8 Å². The highest BCUT2D eigenvalue weighted by Crippen LogP contribution is 2.39. The molecule has 0 spiro atoms. The van der Waals surface area contributed by atoms with Gasteiger partial charge in [-0.15, -0.1) is 0 Å². The number of hydrogen-bond donors (Lipinski definition) is 2. The van der Waals surface area contributed by atoms with Gasteiger partial charge in [-0.1, -0.05) is 0 Å². The molecule has 0 bridgehead atoms. The fourth-order valence-electron chi connectivity index (χ4n) is 2.19. The van der Waals surface area contributed by atoms with Gasteiger partial charge in [0.05, 0.1) is 11.7 Å². The summed E-state index contributed by atoms with van der Waals surface area (Å²) in [5.74, 6) is 1.03. The van der Waals surface area contributed by atoms with E-state index in [1.165, 1.54) is 25.0 Å². The van der Waals surface area contributed by atoms with Gasteiger partial charge in [0, 0.05) is 12.6 Å². The topological polar surface area (TPSA) is 47.3 Å². The molecule has 2 atom stereocenters. The van der Waals surface area contributed by atoms with Crippen molar-refractivity contribution in [3.63, 3.8) is 0 Å². The molecular weight excluding hydrogens is 207 g/mol. The summed E-state index contributed by atoms with van der Waals surface area (Å²) in [6.07, 6.45) is 2.45. The number of benzene rings is 1. The van der Waals surface area contributed by atoms with Crippen molar-refractivity contribution in [1.82, 2.24) is 0 Å². The zero-order valence-corrected chi connectivity index (χ0v) is 8.95. The summed E-state index contributed by atoms with van der Waals surface area (Å²) in [6.45, 7) is 0.637. The van der Waals surface area contributed by atoms with E-state index < -0.39 is 0 Å². The molecule has 3 rings (SSSR count). The highest BCUT2D eigenvalue weighted by Gasteiger charge is 2.38. The minimum absolute atomic E-state index is 0.0250. The van der Waals surface area contributed by atoms with Crippen LogP contribution in [-0.2, 0) is 0 Å². The highest BCUT2D eigenvalue weighted by molar-refractivity contribution is 5.57. The van der Waals surface area contributed by atoms with E-state index in [0.29, 0.717) is 23.9 Å². The minimum atomic E-state index is -0.256. The van der Waals surface area contributed by atoms with E-state index in [2.05, 4.69) is 5.32 Å². The molecule has 0 unspecified atom stereocenters. The molecule has 0 amide bonds. The Morgan fingerprint density at radius 3 is 2.94 bits per heavy atom. The average Bonchev–Trinajstić information content (AvgIpc) is 3.07. The van der Waals surface area contributed by atoms with Crippen molar-refractivity contribution < 1.29 is 9.13 Å². The fraction of sp³-hybridized carbons (Fsp3) is 0.500. The van der Waals surface area contributed by atoms with Crippen LogP contribution >= 0.6 is 0 Å². The number of nitrogens with two attached hydrogens (primary N) is 1. The summed E-state index contributed by atoms with van der Waals surface area (Å²) >= 11 is 0. The lowest BCUT2D eigenvalue weighted by molar-refractivity contribution is 0.158. The number of nitrogens with one attached hydrogen (secondary N) is 1. The molecule has 1 fully saturated rings. The Balaban J connectivity index is 1.90. The highest BCUT2D eigenvalue weighted by atomic mass is 19.1. The molecule has 16 heavy (non-hydrogen) atoms. The van der Waals surface area contributed by atoms with Crippen LogP contribution in [0.4, 0.5) is 10.1 Å². The molecule has 0 aromatic heterocycles. The molecule has 4 heteroatoms. The number of hydrogen-bond acceptors (Lipinski definition) is 3. The summed E-state index contributed by atoms with van der Waals surface area (Å²) in [4.78, 5) is 0. The first-order chi connectivity index (χ1) is 7.74. The molecule has 2 aliphatic rings. The van der Waals surface area contributed by atoms with Crippen molar-refractivity contribution in [2.75, 3.05) is 11.9 Å². The Hall–Kier alpha value is -1.29. The van der Waals surface area contributed by atoms with Crippen LogP contribution < -0.4 is 15.8 Å². The van der Waals surface area contributed by atoms with Crippen molar-refractivity contribution in [3.8, 4) is 5.75 Å². The lowest BCUT2D eigenvalue weighted by Crippen LogP contribution is -2.43. The van der Waals surface area contributed by atoms with Crippen LogP contribution in [0.1, 0.15) is 12.8 Å². The van der Waals surface area contributed by atoms with Gasteiger partial charge in [0.2, 0.25) is 0 Å². The summed E-state index contributed by atoms with van der Waals surface area (Å²) in [5.41, 5.74) is 6.76. The van der Waals surface area contributed by atoms with Crippen molar-refractivity contribution in [2.24, 2.45) is 11.7 Å². The van der Waals surface area contributed by atoms with Gasteiger partial charge in [0.15, 0.2) is 0 Å². The first-order valence-corrected chi connectivity index (χ1v) is 5.70. The van der Waals surface area contributed by atoms with E-state index in [1.54, 1.807) is 6.07 Å². The predicted octanol–water partition coefficient (Wildman–Crippen LogP) is 1.74. The molecule has 1 aromatic rings. The number of fused-ring (bicyclic) bond motifs is 1. The Kier molecular flexibility index (Phi) is 2.24. The number of rotatable bonds is 1. The van der Waals surface area contributed by atoms with E-state index in [0.717, 1.165) is 0 Å². The largest absolute Gasteiger partial charge is 0.486 e. The lowest BCUT2D eigenvalue weighted by atomic mass is 10.1. The maximum atomic E-state index is 13.1. The van der Waals surface area contributed by atoms with Gasteiger partial charge in [0.25, 0.3) is 0 Å². The molecule has 0 saturated heterocycles. The summed E-state index contributed by atoms with van der Waals surface area (Å²) in [7, 11) is 0. The molecule has 86 valence electrons. The number of anilines is 1. The summed E-state index contributed by atoms with van der Waals surface area (Å²) in [6, 6.07) is 4.52. The molecule has 1 saturated carbocycles. The van der Waals surface area contributed by atoms with Crippen LogP contribution in [0, 0.1) is 11.7 Å². The Morgan fingerprint density at radius 1 is 1.38 bits per heavy atom. The number of ether oxygens (including phenoxy) is 1. The molecular formula is C12H15FN2O.